The van der Waals surface area contributed by atoms with Crippen LogP contribution in [-0.2, 0) is 9.59 Å². The summed E-state index contributed by atoms with van der Waals surface area (Å²) in [5, 5.41) is -0.917. The molecule has 1 aromatic rings. The number of hydrogen-bond acceptors (Lipinski definition) is 3. The first-order chi connectivity index (χ1) is 7.73. The summed E-state index contributed by atoms with van der Waals surface area (Å²) < 4.78 is 30.3. The van der Waals surface area contributed by atoms with E-state index in [4.69, 9.17) is 11.6 Å². The maximum absolute atomic E-state index is 12.8. The lowest BCUT2D eigenvalue weighted by molar-refractivity contribution is -0.147. The van der Waals surface area contributed by atoms with E-state index in [1.54, 1.807) is 0 Å². The van der Waals surface area contributed by atoms with Crippen LogP contribution in [0.5, 0.6) is 5.75 Å². The topological polar surface area (TPSA) is 43.4 Å². The SMILES string of the molecule is CC(C)(C(=O)Cl)C(=O)Oc1cc(F)cc(F)c1. The van der Waals surface area contributed by atoms with Gasteiger partial charge in [0.2, 0.25) is 5.24 Å². The first-order valence-electron chi connectivity index (χ1n) is 4.62. The predicted octanol–water partition coefficient (Wildman–Crippen LogP) is 2.66. The Labute approximate surface area is 101 Å². The Morgan fingerprint density at radius 2 is 1.65 bits per heavy atom. The minimum Gasteiger partial charge on any atom is -0.426 e. The molecule has 1 rings (SSSR count). The molecule has 1 aromatic carbocycles. The molecule has 0 saturated heterocycles. The summed E-state index contributed by atoms with van der Waals surface area (Å²) in [4.78, 5) is 22.5. The minimum absolute atomic E-state index is 0.321. The van der Waals surface area contributed by atoms with Gasteiger partial charge in [0.1, 0.15) is 22.8 Å². The zero-order chi connectivity index (χ0) is 13.2. The lowest BCUT2D eigenvalue weighted by Gasteiger charge is -2.17. The van der Waals surface area contributed by atoms with Crippen LogP contribution in [0.25, 0.3) is 0 Å². The molecule has 0 amide bonds. The van der Waals surface area contributed by atoms with E-state index in [2.05, 4.69) is 4.74 Å². The lowest BCUT2D eigenvalue weighted by Crippen LogP contribution is -2.34. The molecule has 0 bridgehead atoms. The second-order valence-electron chi connectivity index (χ2n) is 3.89. The summed E-state index contributed by atoms with van der Waals surface area (Å²) in [7, 11) is 0. The van der Waals surface area contributed by atoms with Gasteiger partial charge in [-0.25, -0.2) is 8.78 Å². The average molecular weight is 263 g/mol. The van der Waals surface area contributed by atoms with E-state index in [0.29, 0.717) is 6.07 Å². The molecular weight excluding hydrogens is 254 g/mol. The van der Waals surface area contributed by atoms with Gasteiger partial charge in [-0.3, -0.25) is 9.59 Å². The van der Waals surface area contributed by atoms with Crippen LogP contribution in [0.2, 0.25) is 0 Å². The molecule has 0 aliphatic carbocycles. The molecule has 0 saturated carbocycles. The van der Waals surface area contributed by atoms with Gasteiger partial charge in [0.15, 0.2) is 0 Å². The van der Waals surface area contributed by atoms with E-state index >= 15 is 0 Å². The smallest absolute Gasteiger partial charge is 0.325 e. The fourth-order valence-electron chi connectivity index (χ4n) is 0.902. The Morgan fingerprint density at radius 3 is 2.06 bits per heavy atom. The fourth-order valence-corrected chi connectivity index (χ4v) is 0.979. The zero-order valence-electron chi connectivity index (χ0n) is 9.09. The lowest BCUT2D eigenvalue weighted by atomic mass is 9.96. The van der Waals surface area contributed by atoms with Gasteiger partial charge in [-0.15, -0.1) is 0 Å². The van der Waals surface area contributed by atoms with Crippen LogP contribution < -0.4 is 4.74 Å². The number of carbonyl (C=O) groups is 2. The molecule has 6 heteroatoms. The quantitative estimate of drug-likeness (QED) is 0.364. The minimum atomic E-state index is -1.58. The van der Waals surface area contributed by atoms with Crippen LogP contribution in [0.15, 0.2) is 18.2 Å². The molecule has 0 atom stereocenters. The maximum atomic E-state index is 12.8. The van der Waals surface area contributed by atoms with Gasteiger partial charge in [-0.2, -0.15) is 0 Å². The third kappa shape index (κ3) is 3.23. The molecule has 0 N–H and O–H groups in total. The van der Waals surface area contributed by atoms with Crippen LogP contribution in [0, 0.1) is 17.0 Å². The van der Waals surface area contributed by atoms with Crippen molar-refractivity contribution in [2.24, 2.45) is 5.41 Å². The maximum Gasteiger partial charge on any atom is 0.325 e. The number of benzene rings is 1. The zero-order valence-corrected chi connectivity index (χ0v) is 9.85. The van der Waals surface area contributed by atoms with Gasteiger partial charge in [0, 0.05) is 18.2 Å². The third-order valence-electron chi connectivity index (χ3n) is 2.05. The van der Waals surface area contributed by atoms with Gasteiger partial charge in [-0.05, 0) is 25.4 Å². The van der Waals surface area contributed by atoms with Crippen molar-refractivity contribution < 1.29 is 23.1 Å². The third-order valence-corrected chi connectivity index (χ3v) is 2.52. The fraction of sp³-hybridized carbons (Fsp3) is 0.273. The van der Waals surface area contributed by atoms with Crippen molar-refractivity contribution >= 4 is 22.8 Å². The highest BCUT2D eigenvalue weighted by Crippen LogP contribution is 2.24. The summed E-state index contributed by atoms with van der Waals surface area (Å²) in [6.07, 6.45) is 0. The number of carbonyl (C=O) groups excluding carboxylic acids is 2. The van der Waals surface area contributed by atoms with Crippen LogP contribution in [-0.4, -0.2) is 11.2 Å². The normalized spacial score (nSPS) is 11.1. The van der Waals surface area contributed by atoms with Gasteiger partial charge in [0.25, 0.3) is 0 Å². The monoisotopic (exact) mass is 262 g/mol. The first-order valence-corrected chi connectivity index (χ1v) is 4.99. The molecule has 0 aromatic heterocycles. The number of hydrogen-bond donors (Lipinski definition) is 0. The van der Waals surface area contributed by atoms with Crippen molar-refractivity contribution in [2.45, 2.75) is 13.8 Å². The summed E-state index contributed by atoms with van der Waals surface area (Å²) in [5.41, 5.74) is -1.58. The van der Waals surface area contributed by atoms with Crippen LogP contribution in [0.1, 0.15) is 13.8 Å². The van der Waals surface area contributed by atoms with Crippen LogP contribution in [0.4, 0.5) is 8.78 Å². The van der Waals surface area contributed by atoms with Crippen molar-refractivity contribution in [3.8, 4) is 5.75 Å². The highest BCUT2D eigenvalue weighted by atomic mass is 35.5. The standard InChI is InChI=1S/C11H9ClF2O3/c1-11(2,9(12)15)10(16)17-8-4-6(13)3-7(14)5-8/h3-5H,1-2H3. The first kappa shape index (κ1) is 13.6. The summed E-state index contributed by atoms with van der Waals surface area (Å²) in [6, 6.07) is 2.29. The highest BCUT2D eigenvalue weighted by molar-refractivity contribution is 6.66. The predicted molar refractivity (Wildman–Crippen MR) is 56.6 cm³/mol. The van der Waals surface area contributed by atoms with Gasteiger partial charge in [0.05, 0.1) is 0 Å². The molecule has 0 aliphatic heterocycles. The van der Waals surface area contributed by atoms with Gasteiger partial charge < -0.3 is 4.74 Å². The Hall–Kier alpha value is -1.49. The number of ether oxygens (including phenoxy) is 1. The number of esters is 1. The summed E-state index contributed by atoms with van der Waals surface area (Å²) in [6.45, 7) is 2.50. The molecule has 17 heavy (non-hydrogen) atoms. The molecule has 3 nitrogen and oxygen atoms in total. The molecule has 0 aliphatic rings. The molecular formula is C11H9ClF2O3. The summed E-state index contributed by atoms with van der Waals surface area (Å²) in [5.74, 6) is -3.08. The number of halogens is 3. The van der Waals surface area contributed by atoms with E-state index in [0.717, 1.165) is 12.1 Å². The Kier molecular flexibility index (Phi) is 3.83. The van der Waals surface area contributed by atoms with Crippen LogP contribution in [0.3, 0.4) is 0 Å². The van der Waals surface area contributed by atoms with Crippen LogP contribution >= 0.6 is 11.6 Å². The van der Waals surface area contributed by atoms with E-state index in [1.165, 1.54) is 13.8 Å². The average Bonchev–Trinajstić information content (AvgIpc) is 2.15. The molecule has 0 spiro atoms. The van der Waals surface area contributed by atoms with E-state index in [1.807, 2.05) is 0 Å². The van der Waals surface area contributed by atoms with E-state index in [9.17, 15) is 18.4 Å². The highest BCUT2D eigenvalue weighted by Gasteiger charge is 2.37. The second-order valence-corrected chi connectivity index (χ2v) is 4.24. The Balaban J connectivity index is 2.92. The van der Waals surface area contributed by atoms with Crippen molar-refractivity contribution in [1.29, 1.82) is 0 Å². The Bertz CT molecular complexity index is 452. The number of rotatable bonds is 3. The van der Waals surface area contributed by atoms with Gasteiger partial charge >= 0.3 is 5.97 Å². The molecule has 0 unspecified atom stereocenters. The Morgan fingerprint density at radius 1 is 1.18 bits per heavy atom. The van der Waals surface area contributed by atoms with Crippen molar-refractivity contribution in [2.75, 3.05) is 0 Å². The molecule has 0 radical (unpaired) electrons. The van der Waals surface area contributed by atoms with Crippen molar-refractivity contribution in [3.05, 3.63) is 29.8 Å². The second kappa shape index (κ2) is 4.79. The molecule has 0 fully saturated rings. The van der Waals surface area contributed by atoms with Gasteiger partial charge in [-0.1, -0.05) is 0 Å². The molecule has 0 heterocycles. The van der Waals surface area contributed by atoms with E-state index in [-0.39, 0.29) is 5.75 Å². The molecule has 92 valence electrons. The largest absolute Gasteiger partial charge is 0.426 e. The van der Waals surface area contributed by atoms with E-state index < -0.39 is 28.3 Å². The summed E-state index contributed by atoms with van der Waals surface area (Å²) >= 11 is 5.21. The van der Waals surface area contributed by atoms with Crippen molar-refractivity contribution in [1.82, 2.24) is 0 Å². The van der Waals surface area contributed by atoms with Crippen molar-refractivity contribution in [3.63, 3.8) is 0 Å².